The van der Waals surface area contributed by atoms with Gasteiger partial charge in [-0.25, -0.2) is 4.39 Å². The van der Waals surface area contributed by atoms with Gasteiger partial charge in [0.25, 0.3) is 5.91 Å². The standard InChI is InChI=1S/C15H15FN2O3/c1-20-13-7-9(11(17)8-14(13)21-2)15(19)18-12-6-4-3-5-10(12)16/h3-8H,17H2,1-2H3,(H,18,19). The fraction of sp³-hybridized carbons (Fsp3) is 0.133. The summed E-state index contributed by atoms with van der Waals surface area (Å²) in [4.78, 5) is 12.2. The topological polar surface area (TPSA) is 73.6 Å². The molecule has 21 heavy (non-hydrogen) atoms. The quantitative estimate of drug-likeness (QED) is 0.849. The number of benzene rings is 2. The zero-order valence-electron chi connectivity index (χ0n) is 11.6. The third-order valence-corrected chi connectivity index (χ3v) is 2.92. The molecule has 6 heteroatoms. The minimum absolute atomic E-state index is 0.0803. The lowest BCUT2D eigenvalue weighted by Gasteiger charge is -2.12. The zero-order chi connectivity index (χ0) is 15.4. The Kier molecular flexibility index (Phi) is 4.27. The summed E-state index contributed by atoms with van der Waals surface area (Å²) in [7, 11) is 2.92. The van der Waals surface area contributed by atoms with Gasteiger partial charge < -0.3 is 20.5 Å². The maximum absolute atomic E-state index is 13.5. The predicted octanol–water partition coefficient (Wildman–Crippen LogP) is 2.68. The van der Waals surface area contributed by atoms with Crippen molar-refractivity contribution >= 4 is 17.3 Å². The number of halogens is 1. The average molecular weight is 290 g/mol. The molecule has 3 N–H and O–H groups in total. The first kappa shape index (κ1) is 14.6. The van der Waals surface area contributed by atoms with Gasteiger partial charge in [0.05, 0.1) is 25.5 Å². The molecule has 1 amide bonds. The number of nitrogens with one attached hydrogen (secondary N) is 1. The second-order valence-corrected chi connectivity index (χ2v) is 4.23. The Morgan fingerprint density at radius 3 is 2.38 bits per heavy atom. The molecule has 5 nitrogen and oxygen atoms in total. The van der Waals surface area contributed by atoms with Gasteiger partial charge >= 0.3 is 0 Å². The van der Waals surface area contributed by atoms with Crippen LogP contribution in [0.2, 0.25) is 0 Å². The largest absolute Gasteiger partial charge is 0.493 e. The van der Waals surface area contributed by atoms with Crippen molar-refractivity contribution in [2.75, 3.05) is 25.3 Å². The lowest BCUT2D eigenvalue weighted by molar-refractivity contribution is 0.102. The SMILES string of the molecule is COc1cc(N)c(C(=O)Nc2ccccc2F)cc1OC. The number of rotatable bonds is 4. The van der Waals surface area contributed by atoms with Crippen LogP contribution in [0.5, 0.6) is 11.5 Å². The first-order chi connectivity index (χ1) is 10.1. The Morgan fingerprint density at radius 2 is 1.76 bits per heavy atom. The summed E-state index contributed by atoms with van der Waals surface area (Å²) < 4.78 is 23.8. The van der Waals surface area contributed by atoms with E-state index in [2.05, 4.69) is 5.32 Å². The molecule has 2 aromatic carbocycles. The minimum Gasteiger partial charge on any atom is -0.493 e. The molecule has 110 valence electrons. The van der Waals surface area contributed by atoms with Crippen LogP contribution in [0, 0.1) is 5.82 Å². The number of ether oxygens (including phenoxy) is 2. The number of nitrogen functional groups attached to an aromatic ring is 1. The highest BCUT2D eigenvalue weighted by Gasteiger charge is 2.16. The number of methoxy groups -OCH3 is 2. The number of anilines is 2. The van der Waals surface area contributed by atoms with Crippen LogP contribution in [0.1, 0.15) is 10.4 Å². The van der Waals surface area contributed by atoms with E-state index in [1.165, 1.54) is 44.6 Å². The summed E-state index contributed by atoms with van der Waals surface area (Å²) in [5, 5.41) is 2.47. The zero-order valence-corrected chi connectivity index (χ0v) is 11.6. The highest BCUT2D eigenvalue weighted by Crippen LogP contribution is 2.32. The average Bonchev–Trinajstić information content (AvgIpc) is 2.49. The van der Waals surface area contributed by atoms with E-state index in [1.807, 2.05) is 0 Å². The molecule has 0 saturated heterocycles. The molecule has 0 bridgehead atoms. The molecule has 0 aliphatic rings. The summed E-state index contributed by atoms with van der Waals surface area (Å²) in [6.07, 6.45) is 0. The lowest BCUT2D eigenvalue weighted by atomic mass is 10.1. The van der Waals surface area contributed by atoms with Gasteiger partial charge in [0.15, 0.2) is 11.5 Å². The fourth-order valence-electron chi connectivity index (χ4n) is 1.84. The highest BCUT2D eigenvalue weighted by atomic mass is 19.1. The van der Waals surface area contributed by atoms with Gasteiger partial charge in [-0.2, -0.15) is 0 Å². The van der Waals surface area contributed by atoms with Gasteiger partial charge in [-0.1, -0.05) is 12.1 Å². The van der Waals surface area contributed by atoms with Crippen molar-refractivity contribution < 1.29 is 18.7 Å². The van der Waals surface area contributed by atoms with E-state index >= 15 is 0 Å². The maximum Gasteiger partial charge on any atom is 0.257 e. The number of para-hydroxylation sites is 1. The smallest absolute Gasteiger partial charge is 0.257 e. The Bertz CT molecular complexity index is 674. The van der Waals surface area contributed by atoms with Gasteiger partial charge in [0, 0.05) is 11.8 Å². The Morgan fingerprint density at radius 1 is 1.14 bits per heavy atom. The maximum atomic E-state index is 13.5. The van der Waals surface area contributed by atoms with E-state index in [1.54, 1.807) is 6.07 Å². The molecule has 0 fully saturated rings. The number of hydrogen-bond donors (Lipinski definition) is 2. The molecular weight excluding hydrogens is 275 g/mol. The van der Waals surface area contributed by atoms with E-state index in [4.69, 9.17) is 15.2 Å². The van der Waals surface area contributed by atoms with E-state index in [0.717, 1.165) is 0 Å². The van der Waals surface area contributed by atoms with Crippen molar-refractivity contribution in [3.8, 4) is 11.5 Å². The van der Waals surface area contributed by atoms with Crippen molar-refractivity contribution in [2.45, 2.75) is 0 Å². The van der Waals surface area contributed by atoms with E-state index < -0.39 is 11.7 Å². The molecule has 0 atom stereocenters. The monoisotopic (exact) mass is 290 g/mol. The summed E-state index contributed by atoms with van der Waals surface area (Å²) in [5.41, 5.74) is 6.29. The minimum atomic E-state index is -0.529. The van der Waals surface area contributed by atoms with Crippen LogP contribution >= 0.6 is 0 Å². The number of amides is 1. The molecule has 0 radical (unpaired) electrons. The van der Waals surface area contributed by atoms with Crippen molar-refractivity contribution in [1.29, 1.82) is 0 Å². The Balaban J connectivity index is 2.33. The van der Waals surface area contributed by atoms with Crippen molar-refractivity contribution in [3.05, 3.63) is 47.8 Å². The summed E-state index contributed by atoms with van der Waals surface area (Å²) >= 11 is 0. The molecule has 0 spiro atoms. The summed E-state index contributed by atoms with van der Waals surface area (Å²) in [6.45, 7) is 0. The normalized spacial score (nSPS) is 10.0. The van der Waals surface area contributed by atoms with Crippen LogP contribution in [-0.2, 0) is 0 Å². The number of hydrogen-bond acceptors (Lipinski definition) is 4. The predicted molar refractivity (Wildman–Crippen MR) is 78.3 cm³/mol. The van der Waals surface area contributed by atoms with Gasteiger partial charge in [-0.3, -0.25) is 4.79 Å². The van der Waals surface area contributed by atoms with Crippen LogP contribution < -0.4 is 20.5 Å². The number of nitrogens with two attached hydrogens (primary N) is 1. The molecule has 0 saturated carbocycles. The van der Waals surface area contributed by atoms with Crippen LogP contribution in [0.4, 0.5) is 15.8 Å². The van der Waals surface area contributed by atoms with Crippen molar-refractivity contribution in [3.63, 3.8) is 0 Å². The van der Waals surface area contributed by atoms with Crippen LogP contribution in [0.15, 0.2) is 36.4 Å². The van der Waals surface area contributed by atoms with Gasteiger partial charge in [0.2, 0.25) is 0 Å². The first-order valence-electron chi connectivity index (χ1n) is 6.14. The van der Waals surface area contributed by atoms with Gasteiger partial charge in [-0.05, 0) is 18.2 Å². The third kappa shape index (κ3) is 3.05. The number of carbonyl (C=O) groups is 1. The van der Waals surface area contributed by atoms with Crippen LogP contribution in [-0.4, -0.2) is 20.1 Å². The lowest BCUT2D eigenvalue weighted by Crippen LogP contribution is -2.15. The van der Waals surface area contributed by atoms with Crippen molar-refractivity contribution in [2.24, 2.45) is 0 Å². The molecule has 0 aliphatic carbocycles. The van der Waals surface area contributed by atoms with E-state index in [-0.39, 0.29) is 16.9 Å². The fourth-order valence-corrected chi connectivity index (χ4v) is 1.84. The Hall–Kier alpha value is -2.76. The molecule has 0 aromatic heterocycles. The molecule has 0 heterocycles. The van der Waals surface area contributed by atoms with Crippen LogP contribution in [0.3, 0.4) is 0 Å². The van der Waals surface area contributed by atoms with Gasteiger partial charge in [-0.15, -0.1) is 0 Å². The second-order valence-electron chi connectivity index (χ2n) is 4.23. The second kappa shape index (κ2) is 6.13. The van der Waals surface area contributed by atoms with Gasteiger partial charge in [0.1, 0.15) is 5.82 Å². The molecule has 0 unspecified atom stereocenters. The first-order valence-corrected chi connectivity index (χ1v) is 6.14. The summed E-state index contributed by atoms with van der Waals surface area (Å²) in [5.74, 6) is -0.272. The van der Waals surface area contributed by atoms with Crippen molar-refractivity contribution in [1.82, 2.24) is 0 Å². The Labute approximate surface area is 121 Å². The van der Waals surface area contributed by atoms with E-state index in [9.17, 15) is 9.18 Å². The molecule has 0 aliphatic heterocycles. The molecular formula is C15H15FN2O3. The number of carbonyl (C=O) groups excluding carboxylic acids is 1. The van der Waals surface area contributed by atoms with E-state index in [0.29, 0.717) is 11.5 Å². The molecule has 2 rings (SSSR count). The third-order valence-electron chi connectivity index (χ3n) is 2.92. The highest BCUT2D eigenvalue weighted by molar-refractivity contribution is 6.08. The summed E-state index contributed by atoms with van der Waals surface area (Å²) in [6, 6.07) is 8.81. The molecule has 2 aromatic rings. The van der Waals surface area contributed by atoms with Crippen LogP contribution in [0.25, 0.3) is 0 Å².